The fourth-order valence-electron chi connectivity index (χ4n) is 0.460. The predicted molar refractivity (Wildman–Crippen MR) is 36.8 cm³/mol. The van der Waals surface area contributed by atoms with Crippen molar-refractivity contribution in [3.05, 3.63) is 33.2 Å². The molecule has 0 aliphatic heterocycles. The zero-order valence-electron chi connectivity index (χ0n) is 7.44. The SMILES string of the molecule is [2H]C([2H])([2H])c1cc[nH]c(=O)c1Cl. The highest BCUT2D eigenvalue weighted by Gasteiger charge is 1.95. The molecule has 1 aromatic rings. The van der Waals surface area contributed by atoms with E-state index in [2.05, 4.69) is 4.98 Å². The van der Waals surface area contributed by atoms with Crippen LogP contribution in [0, 0.1) is 6.85 Å². The molecule has 3 heteroatoms. The molecule has 0 unspecified atom stereocenters. The van der Waals surface area contributed by atoms with Gasteiger partial charge in [-0.1, -0.05) is 11.6 Å². The van der Waals surface area contributed by atoms with Gasteiger partial charge in [-0.05, 0) is 18.5 Å². The van der Waals surface area contributed by atoms with E-state index in [1.807, 2.05) is 0 Å². The Bertz CT molecular complexity index is 343. The van der Waals surface area contributed by atoms with E-state index in [9.17, 15) is 4.79 Å². The van der Waals surface area contributed by atoms with Crippen molar-refractivity contribution < 1.29 is 4.11 Å². The van der Waals surface area contributed by atoms with Crippen molar-refractivity contribution >= 4 is 11.6 Å². The van der Waals surface area contributed by atoms with E-state index < -0.39 is 12.4 Å². The van der Waals surface area contributed by atoms with E-state index in [0.29, 0.717) is 0 Å². The van der Waals surface area contributed by atoms with Crippen molar-refractivity contribution in [1.82, 2.24) is 4.98 Å². The molecule has 0 bridgehead atoms. The summed E-state index contributed by atoms with van der Waals surface area (Å²) in [4.78, 5) is 13.1. The molecule has 48 valence electrons. The summed E-state index contributed by atoms with van der Waals surface area (Å²) in [5.41, 5.74) is -0.696. The minimum absolute atomic E-state index is 0.118. The first-order valence-electron chi connectivity index (χ1n) is 3.80. The van der Waals surface area contributed by atoms with Crippen molar-refractivity contribution in [3.8, 4) is 0 Å². The monoisotopic (exact) mass is 146 g/mol. The fourth-order valence-corrected chi connectivity index (χ4v) is 0.577. The summed E-state index contributed by atoms with van der Waals surface area (Å²) in [5.74, 6) is 0. The van der Waals surface area contributed by atoms with E-state index in [1.54, 1.807) is 0 Å². The van der Waals surface area contributed by atoms with Crippen LogP contribution in [0.4, 0.5) is 0 Å². The van der Waals surface area contributed by atoms with Crippen LogP contribution in [0.3, 0.4) is 0 Å². The van der Waals surface area contributed by atoms with E-state index in [4.69, 9.17) is 15.7 Å². The van der Waals surface area contributed by atoms with Crippen molar-refractivity contribution in [3.63, 3.8) is 0 Å². The first-order valence-corrected chi connectivity index (χ1v) is 2.68. The highest BCUT2D eigenvalue weighted by molar-refractivity contribution is 6.31. The third-order valence-corrected chi connectivity index (χ3v) is 1.28. The number of halogens is 1. The van der Waals surface area contributed by atoms with Crippen molar-refractivity contribution in [2.24, 2.45) is 0 Å². The Hall–Kier alpha value is -0.760. The topological polar surface area (TPSA) is 32.9 Å². The number of aryl methyl sites for hydroxylation is 1. The second kappa shape index (κ2) is 2.23. The second-order valence-corrected chi connectivity index (χ2v) is 1.91. The summed E-state index contributed by atoms with van der Waals surface area (Å²) in [5, 5.41) is -0.266. The Morgan fingerprint density at radius 2 is 2.67 bits per heavy atom. The standard InChI is InChI=1S/C6H6ClNO/c1-4-2-3-8-6(9)5(4)7/h2-3H,1H3,(H,8,9)/i1D3. The predicted octanol–water partition coefficient (Wildman–Crippen LogP) is 1.34. The molecule has 0 atom stereocenters. The fraction of sp³-hybridized carbons (Fsp3) is 0.167. The number of aromatic nitrogens is 1. The minimum Gasteiger partial charge on any atom is -0.328 e. The molecule has 0 aromatic carbocycles. The molecule has 1 heterocycles. The van der Waals surface area contributed by atoms with Crippen LogP contribution in [0.2, 0.25) is 5.02 Å². The lowest BCUT2D eigenvalue weighted by Crippen LogP contribution is -2.05. The van der Waals surface area contributed by atoms with Crippen LogP contribution < -0.4 is 5.56 Å². The van der Waals surface area contributed by atoms with Gasteiger partial charge < -0.3 is 4.98 Å². The molecule has 1 aromatic heterocycles. The van der Waals surface area contributed by atoms with Gasteiger partial charge in [0.05, 0.1) is 0 Å². The largest absolute Gasteiger partial charge is 0.328 e. The Labute approximate surface area is 61.7 Å². The Kier molecular flexibility index (Phi) is 0.848. The van der Waals surface area contributed by atoms with Crippen LogP contribution >= 0.6 is 11.6 Å². The molecule has 9 heavy (non-hydrogen) atoms. The Morgan fingerprint density at radius 3 is 3.22 bits per heavy atom. The zero-order valence-corrected chi connectivity index (χ0v) is 5.20. The smallest absolute Gasteiger partial charge is 0.266 e. The van der Waals surface area contributed by atoms with Gasteiger partial charge in [0.1, 0.15) is 5.02 Å². The van der Waals surface area contributed by atoms with Crippen LogP contribution in [0.15, 0.2) is 17.1 Å². The molecule has 1 N–H and O–H groups in total. The lowest BCUT2D eigenvalue weighted by atomic mass is 10.3. The van der Waals surface area contributed by atoms with E-state index in [0.717, 1.165) is 0 Å². The lowest BCUT2D eigenvalue weighted by Gasteiger charge is -1.90. The molecule has 0 amide bonds. The number of hydrogen-bond acceptors (Lipinski definition) is 1. The third kappa shape index (κ3) is 1.13. The van der Waals surface area contributed by atoms with Crippen molar-refractivity contribution in [2.75, 3.05) is 0 Å². The molecule has 2 nitrogen and oxygen atoms in total. The summed E-state index contributed by atoms with van der Waals surface area (Å²) >= 11 is 5.47. The average Bonchev–Trinajstić information content (AvgIpc) is 1.92. The maximum Gasteiger partial charge on any atom is 0.266 e. The Morgan fingerprint density at radius 1 is 1.89 bits per heavy atom. The molecule has 0 saturated carbocycles. The van der Waals surface area contributed by atoms with E-state index in [-0.39, 0.29) is 10.6 Å². The molecule has 0 fully saturated rings. The van der Waals surface area contributed by atoms with Crippen LogP contribution in [0.25, 0.3) is 0 Å². The van der Waals surface area contributed by atoms with Gasteiger partial charge in [0.15, 0.2) is 0 Å². The van der Waals surface area contributed by atoms with Gasteiger partial charge in [-0.15, -0.1) is 0 Å². The lowest BCUT2D eigenvalue weighted by molar-refractivity contribution is 1.21. The minimum atomic E-state index is -2.33. The maximum absolute atomic E-state index is 10.8. The van der Waals surface area contributed by atoms with Crippen LogP contribution in [-0.4, -0.2) is 4.98 Å². The van der Waals surface area contributed by atoms with Gasteiger partial charge in [-0.2, -0.15) is 0 Å². The number of nitrogens with one attached hydrogen (secondary N) is 1. The van der Waals surface area contributed by atoms with Crippen molar-refractivity contribution in [1.29, 1.82) is 0 Å². The van der Waals surface area contributed by atoms with Gasteiger partial charge in [0.2, 0.25) is 0 Å². The number of hydrogen-bond donors (Lipinski definition) is 1. The van der Waals surface area contributed by atoms with Gasteiger partial charge in [-0.25, -0.2) is 0 Å². The van der Waals surface area contributed by atoms with Gasteiger partial charge in [-0.3, -0.25) is 4.79 Å². The molecule has 0 aliphatic carbocycles. The summed E-state index contributed by atoms with van der Waals surface area (Å²) < 4.78 is 21.0. The molecular weight excluding hydrogens is 138 g/mol. The molecule has 0 saturated heterocycles. The normalized spacial score (nSPS) is 15.9. The quantitative estimate of drug-likeness (QED) is 0.589. The summed E-state index contributed by atoms with van der Waals surface area (Å²) in [6.07, 6.45) is 1.26. The second-order valence-electron chi connectivity index (χ2n) is 1.53. The number of pyridine rings is 1. The van der Waals surface area contributed by atoms with Crippen LogP contribution in [-0.2, 0) is 0 Å². The number of aromatic amines is 1. The third-order valence-electron chi connectivity index (χ3n) is 0.900. The molecule has 1 rings (SSSR count). The first kappa shape index (κ1) is 3.42. The molecular formula is C6H6ClNO. The molecule has 0 aliphatic rings. The molecule has 0 spiro atoms. The van der Waals surface area contributed by atoms with Crippen LogP contribution in [0.5, 0.6) is 0 Å². The number of rotatable bonds is 0. The van der Waals surface area contributed by atoms with Crippen molar-refractivity contribution in [2.45, 2.75) is 6.85 Å². The first-order chi connectivity index (χ1) is 5.43. The average molecular weight is 147 g/mol. The summed E-state index contributed by atoms with van der Waals surface area (Å²) in [7, 11) is 0. The highest BCUT2D eigenvalue weighted by Crippen LogP contribution is 2.05. The van der Waals surface area contributed by atoms with Crippen LogP contribution in [0.1, 0.15) is 9.68 Å². The van der Waals surface area contributed by atoms with Gasteiger partial charge >= 0.3 is 0 Å². The maximum atomic E-state index is 10.8. The van der Waals surface area contributed by atoms with Gasteiger partial charge in [0, 0.05) is 10.3 Å². The van der Waals surface area contributed by atoms with E-state index >= 15 is 0 Å². The molecule has 0 radical (unpaired) electrons. The zero-order chi connectivity index (χ0) is 9.35. The number of H-pyrrole nitrogens is 1. The summed E-state index contributed by atoms with van der Waals surface area (Å²) in [6.45, 7) is -2.33. The summed E-state index contributed by atoms with van der Waals surface area (Å²) in [6, 6.07) is 1.27. The van der Waals surface area contributed by atoms with E-state index in [1.165, 1.54) is 12.3 Å². The van der Waals surface area contributed by atoms with Gasteiger partial charge in [0.25, 0.3) is 5.56 Å². The highest BCUT2D eigenvalue weighted by atomic mass is 35.5. The Balaban J connectivity index is 3.36.